The first-order chi connectivity index (χ1) is 10.3. The van der Waals surface area contributed by atoms with Crippen molar-refractivity contribution in [3.63, 3.8) is 0 Å². The van der Waals surface area contributed by atoms with Crippen LogP contribution in [-0.2, 0) is 4.79 Å². The van der Waals surface area contributed by atoms with Crippen LogP contribution in [0.1, 0.15) is 56.8 Å². The lowest BCUT2D eigenvalue weighted by atomic mass is 10.0. The smallest absolute Gasteiger partial charge is 0.269 e. The topological polar surface area (TPSA) is 49.4 Å². The third kappa shape index (κ3) is 4.01. The Hall–Kier alpha value is -1.55. The summed E-state index contributed by atoms with van der Waals surface area (Å²) in [6.45, 7) is 5.76. The summed E-state index contributed by atoms with van der Waals surface area (Å²) in [5.74, 6) is -0.269. The molecular formula is C17H23ClN2O2. The molecule has 5 heteroatoms. The highest BCUT2D eigenvalue weighted by Gasteiger charge is 2.34. The van der Waals surface area contributed by atoms with Crippen molar-refractivity contribution in [1.82, 2.24) is 10.4 Å². The lowest BCUT2D eigenvalue weighted by Crippen LogP contribution is -2.57. The molecule has 22 heavy (non-hydrogen) atoms. The first-order valence-corrected chi connectivity index (χ1v) is 8.07. The van der Waals surface area contributed by atoms with E-state index in [1.807, 2.05) is 20.8 Å². The fourth-order valence-corrected chi connectivity index (χ4v) is 2.80. The second-order valence-corrected chi connectivity index (χ2v) is 7.21. The van der Waals surface area contributed by atoms with Gasteiger partial charge in [0.05, 0.1) is 5.54 Å². The Labute approximate surface area is 136 Å². The van der Waals surface area contributed by atoms with Gasteiger partial charge in [-0.3, -0.25) is 15.0 Å². The van der Waals surface area contributed by atoms with Crippen molar-refractivity contribution in [2.24, 2.45) is 5.92 Å². The molecule has 1 saturated carbocycles. The second kappa shape index (κ2) is 6.69. The predicted octanol–water partition coefficient (Wildman–Crippen LogP) is 3.80. The highest BCUT2D eigenvalue weighted by molar-refractivity contribution is 6.30. The molecule has 0 aromatic heterocycles. The predicted molar refractivity (Wildman–Crippen MR) is 87.5 cm³/mol. The molecule has 2 rings (SSSR count). The van der Waals surface area contributed by atoms with E-state index >= 15 is 0 Å². The molecule has 0 spiro atoms. The van der Waals surface area contributed by atoms with E-state index in [0.29, 0.717) is 10.6 Å². The zero-order chi connectivity index (χ0) is 16.3. The molecule has 0 heterocycles. The molecule has 1 fully saturated rings. The van der Waals surface area contributed by atoms with Crippen molar-refractivity contribution in [1.29, 1.82) is 0 Å². The van der Waals surface area contributed by atoms with Crippen LogP contribution in [0.5, 0.6) is 0 Å². The quantitative estimate of drug-likeness (QED) is 0.842. The maximum absolute atomic E-state index is 12.7. The molecule has 2 amide bonds. The maximum atomic E-state index is 12.7. The van der Waals surface area contributed by atoms with E-state index in [0.717, 1.165) is 25.7 Å². The van der Waals surface area contributed by atoms with Crippen LogP contribution >= 0.6 is 11.6 Å². The van der Waals surface area contributed by atoms with Crippen molar-refractivity contribution < 1.29 is 9.59 Å². The average molecular weight is 323 g/mol. The molecular weight excluding hydrogens is 300 g/mol. The Morgan fingerprint density at radius 1 is 1.14 bits per heavy atom. The number of benzene rings is 1. The Bertz CT molecular complexity index is 543. The third-order valence-corrected chi connectivity index (χ3v) is 4.17. The average Bonchev–Trinajstić information content (AvgIpc) is 2.97. The van der Waals surface area contributed by atoms with Gasteiger partial charge in [0.15, 0.2) is 0 Å². The molecule has 0 bridgehead atoms. The lowest BCUT2D eigenvalue weighted by Gasteiger charge is -2.37. The lowest BCUT2D eigenvalue weighted by molar-refractivity contribution is -0.143. The Morgan fingerprint density at radius 3 is 2.18 bits per heavy atom. The summed E-state index contributed by atoms with van der Waals surface area (Å²) in [6.07, 6.45) is 3.98. The summed E-state index contributed by atoms with van der Waals surface area (Å²) < 4.78 is 0. The van der Waals surface area contributed by atoms with Crippen molar-refractivity contribution in [3.8, 4) is 0 Å². The molecule has 0 saturated heterocycles. The van der Waals surface area contributed by atoms with Crippen LogP contribution in [0, 0.1) is 5.92 Å². The van der Waals surface area contributed by atoms with Crippen molar-refractivity contribution in [3.05, 3.63) is 34.9 Å². The van der Waals surface area contributed by atoms with Crippen LogP contribution < -0.4 is 5.43 Å². The molecule has 4 nitrogen and oxygen atoms in total. The monoisotopic (exact) mass is 322 g/mol. The summed E-state index contributed by atoms with van der Waals surface area (Å²) in [7, 11) is 0. The Balaban J connectivity index is 2.14. The minimum absolute atomic E-state index is 0.00677. The fraction of sp³-hybridized carbons (Fsp3) is 0.529. The van der Waals surface area contributed by atoms with E-state index in [4.69, 9.17) is 11.6 Å². The van der Waals surface area contributed by atoms with Gasteiger partial charge < -0.3 is 0 Å². The molecule has 1 aromatic carbocycles. The number of hydrazine groups is 1. The largest absolute Gasteiger partial charge is 0.273 e. The number of amides is 2. The van der Waals surface area contributed by atoms with Gasteiger partial charge in [-0.25, -0.2) is 5.01 Å². The first-order valence-electron chi connectivity index (χ1n) is 7.69. The summed E-state index contributed by atoms with van der Waals surface area (Å²) in [5, 5.41) is 2.06. The number of hydrogen-bond donors (Lipinski definition) is 1. The summed E-state index contributed by atoms with van der Waals surface area (Å²) in [6, 6.07) is 6.63. The van der Waals surface area contributed by atoms with Crippen LogP contribution in [0.15, 0.2) is 24.3 Å². The number of nitrogens with zero attached hydrogens (tertiary/aromatic N) is 1. The second-order valence-electron chi connectivity index (χ2n) is 6.77. The van der Waals surface area contributed by atoms with Gasteiger partial charge >= 0.3 is 0 Å². The minimum Gasteiger partial charge on any atom is -0.273 e. The van der Waals surface area contributed by atoms with E-state index in [1.165, 1.54) is 5.01 Å². The Morgan fingerprint density at radius 2 is 1.68 bits per heavy atom. The number of nitrogens with one attached hydrogen (secondary N) is 1. The van der Waals surface area contributed by atoms with Gasteiger partial charge in [-0.1, -0.05) is 24.4 Å². The molecule has 1 aliphatic carbocycles. The molecule has 1 aliphatic rings. The van der Waals surface area contributed by atoms with Gasteiger partial charge in [-0.05, 0) is 57.9 Å². The number of rotatable bonds is 2. The molecule has 0 radical (unpaired) electrons. The van der Waals surface area contributed by atoms with Crippen LogP contribution in [0.2, 0.25) is 5.02 Å². The number of halogens is 1. The van der Waals surface area contributed by atoms with E-state index in [1.54, 1.807) is 24.3 Å². The van der Waals surface area contributed by atoms with Gasteiger partial charge in [-0.2, -0.15) is 0 Å². The molecule has 0 aliphatic heterocycles. The zero-order valence-electron chi connectivity index (χ0n) is 13.4. The van der Waals surface area contributed by atoms with E-state index in [-0.39, 0.29) is 17.7 Å². The van der Waals surface area contributed by atoms with Gasteiger partial charge in [0, 0.05) is 16.5 Å². The summed E-state index contributed by atoms with van der Waals surface area (Å²) in [5.41, 5.74) is 2.78. The SMILES string of the molecule is CC(C)(C)N(NC(=O)c1ccc(Cl)cc1)C(=O)C1CCCC1. The van der Waals surface area contributed by atoms with E-state index < -0.39 is 5.54 Å². The molecule has 1 N–H and O–H groups in total. The Kier molecular flexibility index (Phi) is 5.12. The highest BCUT2D eigenvalue weighted by Crippen LogP contribution is 2.28. The molecule has 1 aromatic rings. The normalized spacial score (nSPS) is 15.6. The van der Waals surface area contributed by atoms with Gasteiger partial charge in [0.1, 0.15) is 0 Å². The number of hydrogen-bond acceptors (Lipinski definition) is 2. The fourth-order valence-electron chi connectivity index (χ4n) is 2.68. The van der Waals surface area contributed by atoms with Crippen LogP contribution in [0.25, 0.3) is 0 Å². The summed E-state index contributed by atoms with van der Waals surface area (Å²) >= 11 is 5.83. The van der Waals surface area contributed by atoms with Crippen LogP contribution in [0.3, 0.4) is 0 Å². The summed E-state index contributed by atoms with van der Waals surface area (Å²) in [4.78, 5) is 25.1. The molecule has 0 atom stereocenters. The van der Waals surface area contributed by atoms with E-state index in [9.17, 15) is 9.59 Å². The standard InChI is InChI=1S/C17H23ClN2O2/c1-17(2,3)20(16(22)13-6-4-5-7-13)19-15(21)12-8-10-14(18)11-9-12/h8-11,13H,4-7H2,1-3H3,(H,19,21). The first kappa shape index (κ1) is 16.8. The third-order valence-electron chi connectivity index (χ3n) is 3.92. The van der Waals surface area contributed by atoms with Crippen molar-refractivity contribution in [2.45, 2.75) is 52.0 Å². The van der Waals surface area contributed by atoms with Crippen LogP contribution in [0.4, 0.5) is 0 Å². The number of carbonyl (C=O) groups excluding carboxylic acids is 2. The number of carbonyl (C=O) groups is 2. The minimum atomic E-state index is -0.470. The molecule has 0 unspecified atom stereocenters. The highest BCUT2D eigenvalue weighted by atomic mass is 35.5. The van der Waals surface area contributed by atoms with Gasteiger partial charge in [0.2, 0.25) is 5.91 Å². The van der Waals surface area contributed by atoms with E-state index in [2.05, 4.69) is 5.43 Å². The van der Waals surface area contributed by atoms with Gasteiger partial charge in [0.25, 0.3) is 5.91 Å². The molecule has 120 valence electrons. The maximum Gasteiger partial charge on any atom is 0.269 e. The van der Waals surface area contributed by atoms with Crippen molar-refractivity contribution >= 4 is 23.4 Å². The van der Waals surface area contributed by atoms with Crippen molar-refractivity contribution in [2.75, 3.05) is 0 Å². The van der Waals surface area contributed by atoms with Gasteiger partial charge in [-0.15, -0.1) is 0 Å². The zero-order valence-corrected chi connectivity index (χ0v) is 14.1. The van der Waals surface area contributed by atoms with Crippen LogP contribution in [-0.4, -0.2) is 22.4 Å².